The van der Waals surface area contributed by atoms with Crippen LogP contribution in [-0.2, 0) is 20.7 Å². The van der Waals surface area contributed by atoms with Crippen LogP contribution in [0.4, 0.5) is 10.6 Å². The van der Waals surface area contributed by atoms with Crippen molar-refractivity contribution in [2.24, 2.45) is 0 Å². The van der Waals surface area contributed by atoms with Crippen LogP contribution in [0.25, 0.3) is 10.4 Å². The lowest BCUT2D eigenvalue weighted by molar-refractivity contribution is -0.149. The second kappa shape index (κ2) is 11.2. The van der Waals surface area contributed by atoms with Crippen molar-refractivity contribution in [3.8, 4) is 10.4 Å². The zero-order chi connectivity index (χ0) is 24.1. The van der Waals surface area contributed by atoms with Gasteiger partial charge in [-0.15, -0.1) is 11.3 Å². The van der Waals surface area contributed by atoms with Crippen molar-refractivity contribution >= 4 is 29.2 Å². The molecule has 3 heterocycles. The van der Waals surface area contributed by atoms with Gasteiger partial charge in [-0.05, 0) is 75.6 Å². The molecule has 1 saturated heterocycles. The van der Waals surface area contributed by atoms with E-state index in [0.717, 1.165) is 60.3 Å². The van der Waals surface area contributed by atoms with Gasteiger partial charge in [0.2, 0.25) is 0 Å². The van der Waals surface area contributed by atoms with Gasteiger partial charge >= 0.3 is 6.09 Å². The first-order valence-corrected chi connectivity index (χ1v) is 12.9. The molecular weight excluding hydrogens is 452 g/mol. The molecule has 34 heavy (non-hydrogen) atoms. The minimum atomic E-state index is -0.425. The number of aromatic nitrogens is 1. The quantitative estimate of drug-likeness (QED) is 0.512. The summed E-state index contributed by atoms with van der Waals surface area (Å²) in [6.45, 7) is 3.32. The maximum absolute atomic E-state index is 13.4. The van der Waals surface area contributed by atoms with Crippen LogP contribution in [0.1, 0.15) is 61.9 Å². The number of anilines is 1. The Morgan fingerprint density at radius 2 is 2.15 bits per heavy atom. The second-order valence-corrected chi connectivity index (χ2v) is 10.1. The lowest BCUT2D eigenvalue weighted by Gasteiger charge is -2.33. The number of nitrogen functional groups attached to an aromatic ring is 1. The predicted molar refractivity (Wildman–Crippen MR) is 133 cm³/mol. The Balaban J connectivity index is 1.56. The maximum atomic E-state index is 13.4. The zero-order valence-electron chi connectivity index (χ0n) is 19.9. The third-order valence-electron chi connectivity index (χ3n) is 6.43. The van der Waals surface area contributed by atoms with Gasteiger partial charge in [0.1, 0.15) is 11.9 Å². The number of hydrogen-bond donors (Lipinski definition) is 2. The SMILES string of the molecule is COC(=O)NCCCc1cc(C(C)N(C(=O)[C@H]2CCCCO2)C2CC2)sc1-c1ccc(N)nc1. The summed E-state index contributed by atoms with van der Waals surface area (Å²) in [5.74, 6) is 0.610. The molecule has 0 radical (unpaired) electrons. The topological polar surface area (TPSA) is 107 Å². The van der Waals surface area contributed by atoms with Crippen molar-refractivity contribution in [2.75, 3.05) is 26.0 Å². The molecule has 184 valence electrons. The van der Waals surface area contributed by atoms with Gasteiger partial charge in [0.05, 0.1) is 13.2 Å². The highest BCUT2D eigenvalue weighted by Crippen LogP contribution is 2.42. The highest BCUT2D eigenvalue weighted by molar-refractivity contribution is 7.15. The summed E-state index contributed by atoms with van der Waals surface area (Å²) in [4.78, 5) is 33.4. The molecule has 1 aliphatic carbocycles. The van der Waals surface area contributed by atoms with Crippen LogP contribution in [-0.4, -0.2) is 54.3 Å². The number of alkyl carbamates (subject to hydrolysis) is 1. The number of nitrogens with one attached hydrogen (secondary N) is 1. The number of hydrogen-bond acceptors (Lipinski definition) is 7. The monoisotopic (exact) mass is 486 g/mol. The molecule has 2 aliphatic rings. The number of methoxy groups -OCH3 is 1. The largest absolute Gasteiger partial charge is 0.453 e. The van der Waals surface area contributed by atoms with E-state index in [1.807, 2.05) is 6.07 Å². The molecule has 0 aromatic carbocycles. The zero-order valence-corrected chi connectivity index (χ0v) is 20.7. The van der Waals surface area contributed by atoms with Crippen LogP contribution in [0.15, 0.2) is 24.4 Å². The van der Waals surface area contributed by atoms with E-state index >= 15 is 0 Å². The van der Waals surface area contributed by atoms with Crippen molar-refractivity contribution in [3.63, 3.8) is 0 Å². The molecule has 2 fully saturated rings. The Kier molecular flexibility index (Phi) is 8.05. The lowest BCUT2D eigenvalue weighted by Crippen LogP contribution is -2.44. The minimum Gasteiger partial charge on any atom is -0.453 e. The number of nitrogens with two attached hydrogens (primary N) is 1. The Bertz CT molecular complexity index is 983. The molecule has 0 bridgehead atoms. The molecule has 2 amide bonds. The first-order valence-electron chi connectivity index (χ1n) is 12.1. The lowest BCUT2D eigenvalue weighted by atomic mass is 10.0. The van der Waals surface area contributed by atoms with E-state index in [-0.39, 0.29) is 18.1 Å². The van der Waals surface area contributed by atoms with E-state index < -0.39 is 6.09 Å². The van der Waals surface area contributed by atoms with Crippen LogP contribution in [0, 0.1) is 0 Å². The standard InChI is InChI=1S/C25H34N4O4S/c1-16(29(19-9-10-19)24(30)20-7-3-4-13-33-20)21-14-17(6-5-12-27-25(31)32-2)23(34-21)18-8-11-22(26)28-15-18/h8,11,14-16,19-20H,3-7,9-10,12-13H2,1-2H3,(H2,26,28)(H,27,31)/t16?,20-/m1/s1. The van der Waals surface area contributed by atoms with Crippen LogP contribution >= 0.6 is 11.3 Å². The third-order valence-corrected chi connectivity index (χ3v) is 7.83. The summed E-state index contributed by atoms with van der Waals surface area (Å²) in [5, 5.41) is 2.74. The first kappa shape index (κ1) is 24.5. The van der Waals surface area contributed by atoms with Gasteiger partial charge < -0.3 is 25.4 Å². The summed E-state index contributed by atoms with van der Waals surface area (Å²) in [6.07, 6.45) is 7.59. The number of carbonyl (C=O) groups excluding carboxylic acids is 2. The van der Waals surface area contributed by atoms with Gasteiger partial charge in [0.15, 0.2) is 0 Å². The molecular formula is C25H34N4O4S. The van der Waals surface area contributed by atoms with Crippen molar-refractivity contribution < 1.29 is 19.1 Å². The number of rotatable bonds is 9. The summed E-state index contributed by atoms with van der Waals surface area (Å²) >= 11 is 1.71. The number of carbonyl (C=O) groups is 2. The van der Waals surface area contributed by atoms with E-state index in [2.05, 4.69) is 32.9 Å². The van der Waals surface area contributed by atoms with E-state index in [1.54, 1.807) is 23.6 Å². The number of aryl methyl sites for hydroxylation is 1. The number of thiophene rings is 1. The van der Waals surface area contributed by atoms with E-state index in [1.165, 1.54) is 12.7 Å². The van der Waals surface area contributed by atoms with Crippen LogP contribution in [0.3, 0.4) is 0 Å². The average Bonchev–Trinajstić information content (AvgIpc) is 3.60. The summed E-state index contributed by atoms with van der Waals surface area (Å²) in [6, 6.07) is 6.27. The molecule has 0 spiro atoms. The Morgan fingerprint density at radius 3 is 2.79 bits per heavy atom. The molecule has 8 nitrogen and oxygen atoms in total. The summed E-state index contributed by atoms with van der Waals surface area (Å²) in [5.41, 5.74) is 7.99. The van der Waals surface area contributed by atoms with Gasteiger partial charge in [-0.25, -0.2) is 9.78 Å². The fraction of sp³-hybridized carbons (Fsp3) is 0.560. The average molecular weight is 487 g/mol. The fourth-order valence-corrected chi connectivity index (χ4v) is 5.70. The number of nitrogens with zero attached hydrogens (tertiary/aromatic N) is 2. The van der Waals surface area contributed by atoms with Gasteiger partial charge in [-0.1, -0.05) is 0 Å². The minimum absolute atomic E-state index is 0.0297. The highest BCUT2D eigenvalue weighted by Gasteiger charge is 2.40. The number of ether oxygens (including phenoxy) is 2. The molecule has 2 atom stereocenters. The van der Waals surface area contributed by atoms with E-state index in [0.29, 0.717) is 25.0 Å². The molecule has 1 aliphatic heterocycles. The molecule has 4 rings (SSSR count). The summed E-state index contributed by atoms with van der Waals surface area (Å²) < 4.78 is 10.5. The molecule has 1 saturated carbocycles. The van der Waals surface area contributed by atoms with Crippen molar-refractivity contribution in [2.45, 2.75) is 70.1 Å². The third kappa shape index (κ3) is 5.88. The van der Waals surface area contributed by atoms with Gasteiger partial charge in [-0.2, -0.15) is 0 Å². The van der Waals surface area contributed by atoms with Crippen molar-refractivity contribution in [3.05, 3.63) is 34.8 Å². The fourth-order valence-electron chi connectivity index (χ4n) is 4.45. The molecule has 9 heteroatoms. The van der Waals surface area contributed by atoms with Crippen LogP contribution < -0.4 is 11.1 Å². The summed E-state index contributed by atoms with van der Waals surface area (Å²) in [7, 11) is 1.36. The normalized spacial score (nSPS) is 18.8. The molecule has 1 unspecified atom stereocenters. The first-order chi connectivity index (χ1) is 16.5. The number of pyridine rings is 1. The van der Waals surface area contributed by atoms with Crippen LogP contribution in [0.2, 0.25) is 0 Å². The maximum Gasteiger partial charge on any atom is 0.406 e. The predicted octanol–water partition coefficient (Wildman–Crippen LogP) is 4.30. The van der Waals surface area contributed by atoms with Gasteiger partial charge in [0, 0.05) is 40.7 Å². The van der Waals surface area contributed by atoms with Crippen molar-refractivity contribution in [1.82, 2.24) is 15.2 Å². The van der Waals surface area contributed by atoms with Gasteiger partial charge in [-0.3, -0.25) is 4.79 Å². The van der Waals surface area contributed by atoms with E-state index in [4.69, 9.17) is 10.5 Å². The Hall–Kier alpha value is -2.65. The van der Waals surface area contributed by atoms with Crippen molar-refractivity contribution in [1.29, 1.82) is 0 Å². The smallest absolute Gasteiger partial charge is 0.406 e. The van der Waals surface area contributed by atoms with E-state index in [9.17, 15) is 9.59 Å². The van der Waals surface area contributed by atoms with Crippen LogP contribution in [0.5, 0.6) is 0 Å². The molecule has 3 N–H and O–H groups in total. The van der Waals surface area contributed by atoms with Gasteiger partial charge in [0.25, 0.3) is 5.91 Å². The number of amides is 2. The Morgan fingerprint density at radius 1 is 1.32 bits per heavy atom. The highest BCUT2D eigenvalue weighted by atomic mass is 32.1. The molecule has 2 aromatic rings. The Labute approximate surface area is 204 Å². The second-order valence-electron chi connectivity index (χ2n) is 9.00. The molecule has 2 aromatic heterocycles.